The van der Waals surface area contributed by atoms with E-state index in [9.17, 15) is 0 Å². The molecule has 19 heavy (non-hydrogen) atoms. The molecule has 108 valence electrons. The Morgan fingerprint density at radius 3 is 2.63 bits per heavy atom. The summed E-state index contributed by atoms with van der Waals surface area (Å²) in [6.45, 7) is 7.55. The van der Waals surface area contributed by atoms with E-state index in [4.69, 9.17) is 5.73 Å². The fraction of sp³-hybridized carbons (Fsp3) is 0.800. The number of aryl methyl sites for hydroxylation is 1. The van der Waals surface area contributed by atoms with E-state index in [0.717, 1.165) is 13.1 Å². The van der Waals surface area contributed by atoms with Gasteiger partial charge in [0.1, 0.15) is 0 Å². The van der Waals surface area contributed by atoms with Crippen molar-refractivity contribution in [2.75, 3.05) is 6.54 Å². The van der Waals surface area contributed by atoms with Crippen molar-refractivity contribution in [3.8, 4) is 0 Å². The average Bonchev–Trinajstić information content (AvgIpc) is 2.87. The molecule has 4 heteroatoms. The van der Waals surface area contributed by atoms with Crippen molar-refractivity contribution in [3.05, 3.63) is 18.0 Å². The highest BCUT2D eigenvalue weighted by Crippen LogP contribution is 2.23. The van der Waals surface area contributed by atoms with Crippen LogP contribution in [0.3, 0.4) is 0 Å². The van der Waals surface area contributed by atoms with Gasteiger partial charge >= 0.3 is 0 Å². The summed E-state index contributed by atoms with van der Waals surface area (Å²) in [5, 5.41) is 4.38. The summed E-state index contributed by atoms with van der Waals surface area (Å²) < 4.78 is 2.01. The van der Waals surface area contributed by atoms with Crippen molar-refractivity contribution >= 4 is 0 Å². The molecule has 0 aliphatic heterocycles. The third-order valence-corrected chi connectivity index (χ3v) is 4.16. The third-order valence-electron chi connectivity index (χ3n) is 4.16. The largest absolute Gasteiger partial charge is 0.328 e. The van der Waals surface area contributed by atoms with Gasteiger partial charge in [-0.2, -0.15) is 5.10 Å². The van der Waals surface area contributed by atoms with Gasteiger partial charge in [-0.3, -0.25) is 9.58 Å². The molecule has 2 N–H and O–H groups in total. The quantitative estimate of drug-likeness (QED) is 0.858. The first-order valence-electron chi connectivity index (χ1n) is 7.73. The van der Waals surface area contributed by atoms with Gasteiger partial charge in [0.15, 0.2) is 0 Å². The number of rotatable bonds is 6. The van der Waals surface area contributed by atoms with Crippen LogP contribution in [0.25, 0.3) is 0 Å². The molecule has 1 aliphatic carbocycles. The van der Waals surface area contributed by atoms with E-state index in [-0.39, 0.29) is 0 Å². The van der Waals surface area contributed by atoms with E-state index < -0.39 is 0 Å². The number of nitrogens with zero attached hydrogens (tertiary/aromatic N) is 3. The van der Waals surface area contributed by atoms with Crippen LogP contribution >= 0.6 is 0 Å². The van der Waals surface area contributed by atoms with Crippen LogP contribution in [0.4, 0.5) is 0 Å². The molecule has 2 rings (SSSR count). The predicted octanol–water partition coefficient (Wildman–Crippen LogP) is 2.38. The second kappa shape index (κ2) is 7.06. The summed E-state index contributed by atoms with van der Waals surface area (Å²) >= 11 is 0. The Morgan fingerprint density at radius 1 is 1.32 bits per heavy atom. The molecule has 1 fully saturated rings. The Hall–Kier alpha value is -0.870. The number of nitrogens with two attached hydrogens (primary N) is 1. The Morgan fingerprint density at radius 2 is 2.05 bits per heavy atom. The van der Waals surface area contributed by atoms with Gasteiger partial charge in [0.2, 0.25) is 0 Å². The van der Waals surface area contributed by atoms with Crippen molar-refractivity contribution in [1.82, 2.24) is 14.7 Å². The molecule has 0 unspecified atom stereocenters. The molecular formula is C15H28N4. The number of hydrogen-bond acceptors (Lipinski definition) is 3. The van der Waals surface area contributed by atoms with Gasteiger partial charge < -0.3 is 5.73 Å². The molecule has 0 saturated heterocycles. The summed E-state index contributed by atoms with van der Waals surface area (Å²) in [6, 6.07) is 1.15. The van der Waals surface area contributed by atoms with E-state index in [1.165, 1.54) is 44.2 Å². The fourth-order valence-electron chi connectivity index (χ4n) is 3.04. The molecular weight excluding hydrogens is 236 g/mol. The highest BCUT2D eigenvalue weighted by atomic mass is 15.3. The van der Waals surface area contributed by atoms with E-state index in [1.807, 2.05) is 10.9 Å². The molecule has 0 radical (unpaired) electrons. The molecule has 0 atom stereocenters. The molecule has 1 saturated carbocycles. The Labute approximate surface area is 117 Å². The highest BCUT2D eigenvalue weighted by Gasteiger charge is 2.24. The third kappa shape index (κ3) is 4.05. The van der Waals surface area contributed by atoms with Crippen molar-refractivity contribution in [1.29, 1.82) is 0 Å². The van der Waals surface area contributed by atoms with Crippen LogP contribution in [0.5, 0.6) is 0 Å². The molecule has 1 aromatic rings. The smallest absolute Gasteiger partial charge is 0.0534 e. The van der Waals surface area contributed by atoms with Crippen LogP contribution in [-0.2, 0) is 13.1 Å². The molecule has 0 aromatic carbocycles. The Bertz CT molecular complexity index is 366. The second-order valence-corrected chi connectivity index (χ2v) is 5.74. The normalized spacial score (nSPS) is 24.0. The lowest BCUT2D eigenvalue weighted by molar-refractivity contribution is 0.142. The molecule has 1 aromatic heterocycles. The summed E-state index contributed by atoms with van der Waals surface area (Å²) in [4.78, 5) is 2.63. The Balaban J connectivity index is 1.95. The lowest BCUT2D eigenvalue weighted by Crippen LogP contribution is -2.40. The first-order chi connectivity index (χ1) is 9.22. The van der Waals surface area contributed by atoms with E-state index >= 15 is 0 Å². The van der Waals surface area contributed by atoms with Crippen LogP contribution in [0.1, 0.15) is 51.5 Å². The number of hydrogen-bond donors (Lipinski definition) is 1. The number of aromatic nitrogens is 2. The van der Waals surface area contributed by atoms with E-state index in [0.29, 0.717) is 12.1 Å². The van der Waals surface area contributed by atoms with Crippen LogP contribution in [0.2, 0.25) is 0 Å². The summed E-state index contributed by atoms with van der Waals surface area (Å²) in [5.74, 6) is 0. The summed E-state index contributed by atoms with van der Waals surface area (Å²) in [6.07, 6.45) is 10.3. The van der Waals surface area contributed by atoms with E-state index in [1.54, 1.807) is 0 Å². The summed E-state index contributed by atoms with van der Waals surface area (Å²) in [5.41, 5.74) is 7.35. The minimum absolute atomic E-state index is 0.433. The maximum absolute atomic E-state index is 6.01. The first-order valence-corrected chi connectivity index (χ1v) is 7.73. The summed E-state index contributed by atoms with van der Waals surface area (Å²) in [7, 11) is 0. The van der Waals surface area contributed by atoms with Crippen LogP contribution in [0.15, 0.2) is 12.4 Å². The highest BCUT2D eigenvalue weighted by molar-refractivity contribution is 5.04. The monoisotopic (exact) mass is 264 g/mol. The van der Waals surface area contributed by atoms with Gasteiger partial charge in [-0.05, 0) is 45.6 Å². The molecule has 0 amide bonds. The zero-order chi connectivity index (χ0) is 13.7. The van der Waals surface area contributed by atoms with Crippen LogP contribution in [-0.4, -0.2) is 33.3 Å². The lowest BCUT2D eigenvalue weighted by Gasteiger charge is -2.35. The predicted molar refractivity (Wildman–Crippen MR) is 78.8 cm³/mol. The molecule has 1 aliphatic rings. The maximum atomic E-state index is 6.01. The zero-order valence-electron chi connectivity index (χ0n) is 12.4. The standard InChI is InChI=1S/C15H28N4/c1-3-9-18(15-7-5-14(16)6-8-15)11-13-10-17-19(4-2)12-13/h10,12,14-15H,3-9,11,16H2,1-2H3. The van der Waals surface area contributed by atoms with Crippen molar-refractivity contribution in [2.45, 2.75) is 71.1 Å². The van der Waals surface area contributed by atoms with Crippen LogP contribution in [0, 0.1) is 0 Å². The molecule has 0 bridgehead atoms. The zero-order valence-corrected chi connectivity index (χ0v) is 12.4. The van der Waals surface area contributed by atoms with Crippen LogP contribution < -0.4 is 5.73 Å². The van der Waals surface area contributed by atoms with Gasteiger partial charge in [0, 0.05) is 36.9 Å². The fourth-order valence-corrected chi connectivity index (χ4v) is 3.04. The molecule has 0 spiro atoms. The van der Waals surface area contributed by atoms with Crippen molar-refractivity contribution in [2.24, 2.45) is 5.73 Å². The van der Waals surface area contributed by atoms with Gasteiger partial charge in [0.05, 0.1) is 6.20 Å². The minimum atomic E-state index is 0.433. The molecule has 1 heterocycles. The van der Waals surface area contributed by atoms with Gasteiger partial charge in [0.25, 0.3) is 0 Å². The maximum Gasteiger partial charge on any atom is 0.0534 e. The first kappa shape index (κ1) is 14.5. The van der Waals surface area contributed by atoms with Gasteiger partial charge in [-0.25, -0.2) is 0 Å². The van der Waals surface area contributed by atoms with Crippen molar-refractivity contribution in [3.63, 3.8) is 0 Å². The second-order valence-electron chi connectivity index (χ2n) is 5.74. The van der Waals surface area contributed by atoms with Gasteiger partial charge in [-0.1, -0.05) is 6.92 Å². The van der Waals surface area contributed by atoms with E-state index in [2.05, 4.69) is 30.0 Å². The van der Waals surface area contributed by atoms with Gasteiger partial charge in [-0.15, -0.1) is 0 Å². The molecule has 4 nitrogen and oxygen atoms in total. The van der Waals surface area contributed by atoms with Crippen molar-refractivity contribution < 1.29 is 0 Å². The lowest BCUT2D eigenvalue weighted by atomic mass is 9.90. The Kier molecular flexibility index (Phi) is 5.40. The average molecular weight is 264 g/mol. The SMILES string of the molecule is CCCN(Cc1cnn(CC)c1)C1CCC(N)CC1. The minimum Gasteiger partial charge on any atom is -0.328 e. The topological polar surface area (TPSA) is 47.1 Å².